The van der Waals surface area contributed by atoms with Gasteiger partial charge in [-0.05, 0) is 0 Å². The first kappa shape index (κ1) is 10.2. The van der Waals surface area contributed by atoms with Crippen molar-refractivity contribution in [3.05, 3.63) is 12.3 Å². The van der Waals surface area contributed by atoms with E-state index in [9.17, 15) is 4.21 Å². The first-order chi connectivity index (χ1) is 6.11. The van der Waals surface area contributed by atoms with E-state index < -0.39 is 9.73 Å². The van der Waals surface area contributed by atoms with Crippen LogP contribution >= 0.6 is 0 Å². The lowest BCUT2D eigenvalue weighted by molar-refractivity contribution is 0.677. The second-order valence-electron chi connectivity index (χ2n) is 2.75. The molecule has 74 valence electrons. The van der Waals surface area contributed by atoms with Gasteiger partial charge in [0.2, 0.25) is 0 Å². The summed E-state index contributed by atoms with van der Waals surface area (Å²) in [7, 11) is -0.251. The van der Waals surface area contributed by atoms with Crippen molar-refractivity contribution in [2.24, 2.45) is 11.4 Å². The molecule has 0 bridgehead atoms. The van der Waals surface area contributed by atoms with Gasteiger partial charge in [0.1, 0.15) is 0 Å². The van der Waals surface area contributed by atoms with E-state index in [0.717, 1.165) is 0 Å². The van der Waals surface area contributed by atoms with Crippen LogP contribution in [0.5, 0.6) is 0 Å². The predicted molar refractivity (Wildman–Crippen MR) is 54.5 cm³/mol. The highest BCUT2D eigenvalue weighted by molar-refractivity contribution is 7.93. The Balaban J connectivity index is 3.13. The molecule has 0 saturated carbocycles. The molecule has 1 aromatic rings. The van der Waals surface area contributed by atoms with Crippen molar-refractivity contribution in [3.8, 4) is 0 Å². The summed E-state index contributed by atoms with van der Waals surface area (Å²) in [5, 5.41) is 3.97. The standard InChI is InChI=1S/C8H15N3OS/c1-4-13(12,5-2)10-8-6-7-9-11(8)3/h6-7H,4-5H2,1-3H3. The molecule has 1 heterocycles. The molecule has 0 N–H and O–H groups in total. The molecule has 0 aromatic carbocycles. The minimum absolute atomic E-state index is 0.592. The minimum Gasteiger partial charge on any atom is -0.250 e. The summed E-state index contributed by atoms with van der Waals surface area (Å²) in [5.41, 5.74) is 0. The van der Waals surface area contributed by atoms with Crippen LogP contribution in [0.4, 0.5) is 5.82 Å². The Morgan fingerprint density at radius 2 is 2.15 bits per heavy atom. The molecule has 0 atom stereocenters. The first-order valence-corrected chi connectivity index (χ1v) is 6.17. The van der Waals surface area contributed by atoms with Gasteiger partial charge in [0.15, 0.2) is 5.82 Å². The Morgan fingerprint density at radius 1 is 1.54 bits per heavy atom. The van der Waals surface area contributed by atoms with E-state index in [0.29, 0.717) is 17.3 Å². The van der Waals surface area contributed by atoms with Crippen LogP contribution in [0.2, 0.25) is 0 Å². The van der Waals surface area contributed by atoms with Crippen LogP contribution in [0.3, 0.4) is 0 Å². The van der Waals surface area contributed by atoms with Crippen molar-refractivity contribution < 1.29 is 4.21 Å². The van der Waals surface area contributed by atoms with Gasteiger partial charge >= 0.3 is 0 Å². The quantitative estimate of drug-likeness (QED) is 0.745. The van der Waals surface area contributed by atoms with E-state index in [1.165, 1.54) is 0 Å². The zero-order valence-corrected chi connectivity index (χ0v) is 9.04. The third kappa shape index (κ3) is 2.30. The highest BCUT2D eigenvalue weighted by atomic mass is 32.2. The van der Waals surface area contributed by atoms with E-state index >= 15 is 0 Å². The van der Waals surface area contributed by atoms with Crippen molar-refractivity contribution in [2.45, 2.75) is 13.8 Å². The minimum atomic E-state index is -2.05. The van der Waals surface area contributed by atoms with Gasteiger partial charge in [-0.15, -0.1) is 0 Å². The predicted octanol–water partition coefficient (Wildman–Crippen LogP) is 1.56. The van der Waals surface area contributed by atoms with Gasteiger partial charge in [-0.25, -0.2) is 4.21 Å². The smallest absolute Gasteiger partial charge is 0.159 e. The molecule has 0 fully saturated rings. The zero-order chi connectivity index (χ0) is 9.90. The average Bonchev–Trinajstić information content (AvgIpc) is 2.52. The first-order valence-electron chi connectivity index (χ1n) is 4.32. The lowest BCUT2D eigenvalue weighted by atomic mass is 10.7. The molecule has 0 aliphatic heterocycles. The van der Waals surface area contributed by atoms with Crippen LogP contribution in [0.25, 0.3) is 0 Å². The maximum atomic E-state index is 11.9. The van der Waals surface area contributed by atoms with E-state index in [-0.39, 0.29) is 0 Å². The van der Waals surface area contributed by atoms with Gasteiger partial charge in [-0.3, -0.25) is 4.68 Å². The Bertz CT molecular complexity index is 378. The maximum Gasteiger partial charge on any atom is 0.159 e. The molecule has 0 unspecified atom stereocenters. The highest BCUT2D eigenvalue weighted by Gasteiger charge is 2.04. The molecule has 0 saturated heterocycles. The van der Waals surface area contributed by atoms with Crippen LogP contribution in [-0.4, -0.2) is 25.5 Å². The van der Waals surface area contributed by atoms with E-state index in [4.69, 9.17) is 0 Å². The lowest BCUT2D eigenvalue weighted by Gasteiger charge is -2.03. The molecular weight excluding hydrogens is 186 g/mol. The molecule has 0 spiro atoms. The third-order valence-electron chi connectivity index (χ3n) is 1.96. The normalized spacial score (nSPS) is 11.6. The van der Waals surface area contributed by atoms with Gasteiger partial charge < -0.3 is 0 Å². The Hall–Kier alpha value is -0.840. The summed E-state index contributed by atoms with van der Waals surface area (Å²) >= 11 is 0. The fraction of sp³-hybridized carbons (Fsp3) is 0.625. The van der Waals surface area contributed by atoms with Crippen molar-refractivity contribution >= 4 is 15.5 Å². The van der Waals surface area contributed by atoms with Crippen LogP contribution in [0.15, 0.2) is 16.6 Å². The van der Waals surface area contributed by atoms with Gasteiger partial charge in [-0.2, -0.15) is 9.46 Å². The fourth-order valence-corrected chi connectivity index (χ4v) is 2.15. The molecule has 0 radical (unpaired) electrons. The number of aromatic nitrogens is 2. The van der Waals surface area contributed by atoms with Crippen LogP contribution in [0.1, 0.15) is 13.8 Å². The summed E-state index contributed by atoms with van der Waals surface area (Å²) in [5.74, 6) is 1.87. The summed E-state index contributed by atoms with van der Waals surface area (Å²) in [4.78, 5) is 0. The Kier molecular flexibility index (Phi) is 3.08. The van der Waals surface area contributed by atoms with Crippen molar-refractivity contribution in [1.29, 1.82) is 0 Å². The summed E-state index contributed by atoms with van der Waals surface area (Å²) in [6.07, 6.45) is 1.66. The van der Waals surface area contributed by atoms with Gasteiger partial charge in [0, 0.05) is 24.6 Å². The topological polar surface area (TPSA) is 47.2 Å². The van der Waals surface area contributed by atoms with Gasteiger partial charge in [-0.1, -0.05) is 13.8 Å². The molecule has 1 rings (SSSR count). The molecule has 0 aliphatic rings. The maximum absolute atomic E-state index is 11.9. The highest BCUT2D eigenvalue weighted by Crippen LogP contribution is 2.12. The molecule has 1 aromatic heterocycles. The molecule has 0 amide bonds. The second kappa shape index (κ2) is 3.91. The van der Waals surface area contributed by atoms with E-state index in [1.54, 1.807) is 24.0 Å². The van der Waals surface area contributed by atoms with Crippen molar-refractivity contribution in [3.63, 3.8) is 0 Å². The number of rotatable bonds is 3. The van der Waals surface area contributed by atoms with Gasteiger partial charge in [0.25, 0.3) is 0 Å². The van der Waals surface area contributed by atoms with Gasteiger partial charge in [0.05, 0.1) is 15.9 Å². The largest absolute Gasteiger partial charge is 0.250 e. The van der Waals surface area contributed by atoms with E-state index in [1.807, 2.05) is 13.8 Å². The summed E-state index contributed by atoms with van der Waals surface area (Å²) in [6.45, 7) is 3.79. The molecule has 4 nitrogen and oxygen atoms in total. The second-order valence-corrected chi connectivity index (χ2v) is 5.64. The average molecular weight is 201 g/mol. The third-order valence-corrected chi connectivity index (χ3v) is 4.28. The fourth-order valence-electron chi connectivity index (χ4n) is 0.960. The number of hydrogen-bond acceptors (Lipinski definition) is 3. The summed E-state index contributed by atoms with van der Waals surface area (Å²) in [6, 6.07) is 1.77. The molecular formula is C8H15N3OS. The van der Waals surface area contributed by atoms with Crippen LogP contribution in [0, 0.1) is 0 Å². The number of hydrogen-bond donors (Lipinski definition) is 0. The molecule has 0 aliphatic carbocycles. The van der Waals surface area contributed by atoms with Crippen LogP contribution < -0.4 is 0 Å². The Morgan fingerprint density at radius 3 is 2.54 bits per heavy atom. The molecule has 5 heteroatoms. The Labute approximate surface area is 79.1 Å². The lowest BCUT2D eigenvalue weighted by Crippen LogP contribution is -2.05. The molecule has 13 heavy (non-hydrogen) atoms. The number of nitrogens with zero attached hydrogens (tertiary/aromatic N) is 3. The number of aryl methyl sites for hydroxylation is 1. The SMILES string of the molecule is CCS(=O)(CC)=Nc1ccnn1C. The zero-order valence-electron chi connectivity index (χ0n) is 8.23. The van der Waals surface area contributed by atoms with Crippen LogP contribution in [-0.2, 0) is 16.8 Å². The summed E-state index contributed by atoms with van der Waals surface area (Å²) < 4.78 is 17.8. The van der Waals surface area contributed by atoms with Crippen molar-refractivity contribution in [1.82, 2.24) is 9.78 Å². The monoisotopic (exact) mass is 201 g/mol. The van der Waals surface area contributed by atoms with Crippen molar-refractivity contribution in [2.75, 3.05) is 11.5 Å². The van der Waals surface area contributed by atoms with E-state index in [2.05, 4.69) is 9.46 Å².